The number of nitrogens with zero attached hydrogens (tertiary/aromatic N) is 1. The molecule has 100 valence electrons. The second-order valence-electron chi connectivity index (χ2n) is 5.28. The molecule has 0 radical (unpaired) electrons. The largest absolute Gasteiger partial charge is 0.370 e. The van der Waals surface area contributed by atoms with Crippen molar-refractivity contribution in [1.29, 1.82) is 0 Å². The van der Waals surface area contributed by atoms with Crippen LogP contribution in [0.25, 0.3) is 0 Å². The van der Waals surface area contributed by atoms with Crippen LogP contribution < -0.4 is 10.2 Å². The molecule has 0 aliphatic carbocycles. The Bertz CT molecular complexity index is 317. The maximum Gasteiger partial charge on any atom is 0.0366 e. The molecule has 0 bridgehead atoms. The number of unbranched alkanes of at least 4 members (excludes halogenated alkanes) is 1. The van der Waals surface area contributed by atoms with Gasteiger partial charge in [0.2, 0.25) is 0 Å². The van der Waals surface area contributed by atoms with Crippen LogP contribution in [-0.4, -0.2) is 25.7 Å². The molecule has 1 atom stereocenters. The van der Waals surface area contributed by atoms with E-state index in [1.807, 2.05) is 0 Å². The molecule has 1 saturated heterocycles. The Hall–Kier alpha value is -1.02. The highest BCUT2D eigenvalue weighted by Gasteiger charge is 2.16. The van der Waals surface area contributed by atoms with Gasteiger partial charge in [-0.1, -0.05) is 38.0 Å². The zero-order valence-electron chi connectivity index (χ0n) is 11.6. The Morgan fingerprint density at radius 2 is 2.06 bits per heavy atom. The van der Waals surface area contributed by atoms with Crippen molar-refractivity contribution in [2.75, 3.05) is 24.5 Å². The molecule has 0 amide bonds. The topological polar surface area (TPSA) is 15.3 Å². The summed E-state index contributed by atoms with van der Waals surface area (Å²) in [7, 11) is 0. The van der Waals surface area contributed by atoms with E-state index >= 15 is 0 Å². The number of hydrogen-bond donors (Lipinski definition) is 1. The molecular formula is C16H26N2. The lowest BCUT2D eigenvalue weighted by Crippen LogP contribution is -2.44. The van der Waals surface area contributed by atoms with Gasteiger partial charge in [-0.25, -0.2) is 0 Å². The van der Waals surface area contributed by atoms with E-state index in [1.165, 1.54) is 50.9 Å². The van der Waals surface area contributed by atoms with Crippen LogP contribution in [0.2, 0.25) is 0 Å². The summed E-state index contributed by atoms with van der Waals surface area (Å²) in [6, 6.07) is 11.5. The predicted octanol–water partition coefficient (Wildman–Crippen LogP) is 3.44. The van der Waals surface area contributed by atoms with Crippen LogP contribution in [0.3, 0.4) is 0 Å². The maximum absolute atomic E-state index is 3.65. The molecule has 2 nitrogen and oxygen atoms in total. The Labute approximate surface area is 111 Å². The molecule has 2 heteroatoms. The average molecular weight is 246 g/mol. The first kappa shape index (κ1) is 13.4. The summed E-state index contributed by atoms with van der Waals surface area (Å²) in [5.74, 6) is 0. The molecule has 1 aromatic rings. The molecule has 0 saturated carbocycles. The van der Waals surface area contributed by atoms with E-state index in [0.717, 1.165) is 6.54 Å². The van der Waals surface area contributed by atoms with E-state index in [4.69, 9.17) is 0 Å². The Balaban J connectivity index is 1.95. The highest BCUT2D eigenvalue weighted by Crippen LogP contribution is 2.17. The smallest absolute Gasteiger partial charge is 0.0366 e. The summed E-state index contributed by atoms with van der Waals surface area (Å²) >= 11 is 0. The van der Waals surface area contributed by atoms with Gasteiger partial charge in [0.15, 0.2) is 0 Å². The minimum absolute atomic E-state index is 0.677. The van der Waals surface area contributed by atoms with Crippen molar-refractivity contribution in [2.45, 2.75) is 45.1 Å². The lowest BCUT2D eigenvalue weighted by Gasteiger charge is -2.32. The molecule has 1 aromatic carbocycles. The van der Waals surface area contributed by atoms with Crippen LogP contribution in [0.4, 0.5) is 5.69 Å². The van der Waals surface area contributed by atoms with Gasteiger partial charge < -0.3 is 10.2 Å². The number of piperidine rings is 1. The fourth-order valence-electron chi connectivity index (χ4n) is 2.66. The average Bonchev–Trinajstić information content (AvgIpc) is 2.45. The normalized spacial score (nSPS) is 19.7. The van der Waals surface area contributed by atoms with Crippen molar-refractivity contribution in [2.24, 2.45) is 0 Å². The molecule has 1 aliphatic heterocycles. The van der Waals surface area contributed by atoms with Gasteiger partial charge in [-0.2, -0.15) is 0 Å². The van der Waals surface area contributed by atoms with Gasteiger partial charge in [0.05, 0.1) is 0 Å². The zero-order chi connectivity index (χ0) is 12.6. The summed E-state index contributed by atoms with van der Waals surface area (Å²) in [4.78, 5) is 2.55. The van der Waals surface area contributed by atoms with Gasteiger partial charge in [-0.15, -0.1) is 0 Å². The minimum Gasteiger partial charge on any atom is -0.370 e. The fourth-order valence-corrected chi connectivity index (χ4v) is 2.66. The van der Waals surface area contributed by atoms with Crippen LogP contribution in [0.15, 0.2) is 30.3 Å². The third-order valence-electron chi connectivity index (χ3n) is 3.76. The summed E-state index contributed by atoms with van der Waals surface area (Å²) in [6.45, 7) is 5.80. The van der Waals surface area contributed by atoms with Crippen molar-refractivity contribution in [1.82, 2.24) is 5.32 Å². The van der Waals surface area contributed by atoms with Crippen molar-refractivity contribution < 1.29 is 0 Å². The molecule has 2 rings (SSSR count). The third kappa shape index (κ3) is 4.02. The molecule has 1 fully saturated rings. The number of rotatable bonds is 6. The Morgan fingerprint density at radius 3 is 2.72 bits per heavy atom. The summed E-state index contributed by atoms with van der Waals surface area (Å²) in [5.41, 5.74) is 1.37. The van der Waals surface area contributed by atoms with E-state index in [-0.39, 0.29) is 0 Å². The van der Waals surface area contributed by atoms with Crippen LogP contribution >= 0.6 is 0 Å². The quantitative estimate of drug-likeness (QED) is 0.827. The van der Waals surface area contributed by atoms with Gasteiger partial charge in [0.25, 0.3) is 0 Å². The summed E-state index contributed by atoms with van der Waals surface area (Å²) in [5, 5.41) is 3.65. The minimum atomic E-state index is 0.677. The lowest BCUT2D eigenvalue weighted by atomic mass is 10.0. The Kier molecular flexibility index (Phi) is 5.53. The van der Waals surface area contributed by atoms with E-state index in [2.05, 4.69) is 47.5 Å². The molecule has 18 heavy (non-hydrogen) atoms. The van der Waals surface area contributed by atoms with E-state index in [0.29, 0.717) is 6.04 Å². The predicted molar refractivity (Wildman–Crippen MR) is 79.2 cm³/mol. The first-order chi connectivity index (χ1) is 8.90. The number of nitrogens with one attached hydrogen (secondary N) is 1. The second-order valence-corrected chi connectivity index (χ2v) is 5.28. The SMILES string of the molecule is CCCCN(C[C@H]1CCCCN1)c1ccccc1. The molecule has 1 N–H and O–H groups in total. The number of benzene rings is 1. The fraction of sp³-hybridized carbons (Fsp3) is 0.625. The van der Waals surface area contributed by atoms with Crippen molar-refractivity contribution >= 4 is 5.69 Å². The molecule has 1 aliphatic rings. The van der Waals surface area contributed by atoms with E-state index in [1.54, 1.807) is 0 Å². The first-order valence-corrected chi connectivity index (χ1v) is 7.43. The molecule has 0 aromatic heterocycles. The van der Waals surface area contributed by atoms with Crippen molar-refractivity contribution in [3.05, 3.63) is 30.3 Å². The Morgan fingerprint density at radius 1 is 1.22 bits per heavy atom. The third-order valence-corrected chi connectivity index (χ3v) is 3.76. The molecular weight excluding hydrogens is 220 g/mol. The van der Waals surface area contributed by atoms with Crippen LogP contribution in [-0.2, 0) is 0 Å². The van der Waals surface area contributed by atoms with Crippen molar-refractivity contribution in [3.8, 4) is 0 Å². The highest BCUT2D eigenvalue weighted by atomic mass is 15.2. The molecule has 1 heterocycles. The van der Waals surface area contributed by atoms with Crippen LogP contribution in [0.5, 0.6) is 0 Å². The van der Waals surface area contributed by atoms with Crippen molar-refractivity contribution in [3.63, 3.8) is 0 Å². The highest BCUT2D eigenvalue weighted by molar-refractivity contribution is 5.46. The van der Waals surface area contributed by atoms with Gasteiger partial charge in [-0.3, -0.25) is 0 Å². The molecule has 0 spiro atoms. The van der Waals surface area contributed by atoms with Gasteiger partial charge >= 0.3 is 0 Å². The number of para-hydroxylation sites is 1. The van der Waals surface area contributed by atoms with E-state index < -0.39 is 0 Å². The lowest BCUT2D eigenvalue weighted by molar-refractivity contribution is 0.398. The monoisotopic (exact) mass is 246 g/mol. The van der Waals surface area contributed by atoms with Crippen LogP contribution in [0, 0.1) is 0 Å². The van der Waals surface area contributed by atoms with Crippen LogP contribution in [0.1, 0.15) is 39.0 Å². The van der Waals surface area contributed by atoms with Gasteiger partial charge in [0.1, 0.15) is 0 Å². The number of anilines is 1. The van der Waals surface area contributed by atoms with E-state index in [9.17, 15) is 0 Å². The molecule has 0 unspecified atom stereocenters. The number of hydrogen-bond acceptors (Lipinski definition) is 2. The van der Waals surface area contributed by atoms with Gasteiger partial charge in [0, 0.05) is 24.8 Å². The first-order valence-electron chi connectivity index (χ1n) is 7.43. The maximum atomic E-state index is 3.65. The second kappa shape index (κ2) is 7.42. The summed E-state index contributed by atoms with van der Waals surface area (Å²) < 4.78 is 0. The zero-order valence-corrected chi connectivity index (χ0v) is 11.6. The van der Waals surface area contributed by atoms with Gasteiger partial charge in [-0.05, 0) is 37.9 Å². The standard InChI is InChI=1S/C16H26N2/c1-2-3-13-18(16-10-5-4-6-11-16)14-15-9-7-8-12-17-15/h4-6,10-11,15,17H,2-3,7-9,12-14H2,1H3/t15-/m1/s1. The summed E-state index contributed by atoms with van der Waals surface area (Å²) in [6.07, 6.45) is 6.60.